The van der Waals surface area contributed by atoms with Gasteiger partial charge in [-0.15, -0.1) is 0 Å². The van der Waals surface area contributed by atoms with E-state index >= 15 is 0 Å². The van der Waals surface area contributed by atoms with E-state index in [4.69, 9.17) is 24.5 Å². The average Bonchev–Trinajstić information content (AvgIpc) is 3.99. The third kappa shape index (κ3) is 10.5. The van der Waals surface area contributed by atoms with Gasteiger partial charge in [0.2, 0.25) is 0 Å². The Bertz CT molecular complexity index is 2520. The lowest BCUT2D eigenvalue weighted by Gasteiger charge is -2.15. The van der Waals surface area contributed by atoms with Crippen molar-refractivity contribution in [3.05, 3.63) is 108 Å². The molecule has 9 nitrogen and oxygen atoms in total. The number of rotatable bonds is 20. The van der Waals surface area contributed by atoms with Gasteiger partial charge in [0.1, 0.15) is 18.3 Å². The molecule has 64 heavy (non-hydrogen) atoms. The van der Waals surface area contributed by atoms with Crippen LogP contribution in [0.2, 0.25) is 0 Å². The van der Waals surface area contributed by atoms with Gasteiger partial charge >= 0.3 is 11.9 Å². The quantitative estimate of drug-likeness (QED) is 0.0997. The Morgan fingerprint density at radius 2 is 1.48 bits per heavy atom. The van der Waals surface area contributed by atoms with E-state index in [0.29, 0.717) is 46.3 Å². The van der Waals surface area contributed by atoms with E-state index in [2.05, 4.69) is 73.0 Å². The Morgan fingerprint density at radius 3 is 2.14 bits per heavy atom. The molecule has 0 aromatic carbocycles. The van der Waals surface area contributed by atoms with Gasteiger partial charge in [-0.05, 0) is 136 Å². The molecule has 1 aromatic heterocycles. The molecule has 0 radical (unpaired) electrons. The predicted octanol–water partition coefficient (Wildman–Crippen LogP) is 11.7. The van der Waals surface area contributed by atoms with Gasteiger partial charge in [0.05, 0.1) is 41.3 Å². The lowest BCUT2D eigenvalue weighted by atomic mass is 9.91. The van der Waals surface area contributed by atoms with E-state index in [1.54, 1.807) is 0 Å². The molecule has 342 valence electrons. The number of hydrogen-bond acceptors (Lipinski definition) is 8. The maximum absolute atomic E-state index is 13.6. The molecule has 3 atom stereocenters. The number of aliphatic hydroxyl groups excluding tert-OH is 1. The van der Waals surface area contributed by atoms with Crippen molar-refractivity contribution in [1.82, 2.24) is 4.98 Å². The van der Waals surface area contributed by atoms with Crippen molar-refractivity contribution in [1.29, 1.82) is 0 Å². The summed E-state index contributed by atoms with van der Waals surface area (Å²) in [4.78, 5) is 46.0. The summed E-state index contributed by atoms with van der Waals surface area (Å²) in [7, 11) is 1.32. The lowest BCUT2D eigenvalue weighted by Crippen LogP contribution is -2.21. The Labute approximate surface area is 381 Å². The van der Waals surface area contributed by atoms with Gasteiger partial charge < -0.3 is 19.6 Å². The molecule has 1 aromatic rings. The van der Waals surface area contributed by atoms with Crippen LogP contribution >= 0.6 is 0 Å². The summed E-state index contributed by atoms with van der Waals surface area (Å²) in [5.41, 5.74) is 12.7. The topological polar surface area (TPSA) is 126 Å². The molecule has 2 N–H and O–H groups in total. The number of H-pyrrole nitrogens is 1. The molecule has 6 rings (SSSR count). The number of hydrogen-bond donors (Lipinski definition) is 2. The van der Waals surface area contributed by atoms with Gasteiger partial charge in [-0.1, -0.05) is 97.8 Å². The van der Waals surface area contributed by atoms with Gasteiger partial charge in [-0.25, -0.2) is 15.0 Å². The molecule has 9 heteroatoms. The number of nitrogens with zero attached hydrogens (tertiary/aromatic N) is 3. The molecule has 0 fully saturated rings. The summed E-state index contributed by atoms with van der Waals surface area (Å²) in [5.74, 6) is 0.142. The van der Waals surface area contributed by atoms with E-state index in [1.165, 1.54) is 57.6 Å². The summed E-state index contributed by atoms with van der Waals surface area (Å²) < 4.78 is 11.1. The number of esters is 2. The Balaban J connectivity index is 1.22. The summed E-state index contributed by atoms with van der Waals surface area (Å²) in [6.07, 6.45) is 22.4. The summed E-state index contributed by atoms with van der Waals surface area (Å²) in [5, 5.41) is 13.6. The molecule has 0 saturated heterocycles. The number of carbonyl (C=O) groups is 2. The van der Waals surface area contributed by atoms with E-state index in [0.717, 1.165) is 92.2 Å². The van der Waals surface area contributed by atoms with Crippen molar-refractivity contribution in [2.75, 3.05) is 13.7 Å². The number of aliphatic imine (C=N–C) groups is 3. The third-order valence-electron chi connectivity index (χ3n) is 13.9. The zero-order valence-corrected chi connectivity index (χ0v) is 40.5. The second-order valence-corrected chi connectivity index (χ2v) is 19.1. The minimum absolute atomic E-state index is 0.107. The van der Waals surface area contributed by atoms with Crippen molar-refractivity contribution in [2.24, 2.45) is 38.6 Å². The average molecular weight is 869 g/mol. The second-order valence-electron chi connectivity index (χ2n) is 19.1. The summed E-state index contributed by atoms with van der Waals surface area (Å²) >= 11 is 0. The molecule has 4 aliphatic heterocycles. The van der Waals surface area contributed by atoms with Crippen LogP contribution in [-0.2, 0) is 19.1 Å². The molecule has 1 aliphatic carbocycles. The summed E-state index contributed by atoms with van der Waals surface area (Å²) in [6, 6.07) is 0. The number of methoxy groups -OCH3 is 1. The standard InChI is InChI=1S/C55H72N4O5/c1-13-39-35(8)42-28-44-37(10)41(24-25-48(60)64-27-26-34(7)23-17-22-33(6)21-16-20-32(5)19-15-18-31(3)4)52(58-44)50-51(55(62)63-12)54(61)49-38(11)45(59-53(49)50)30-47-40(14-2)36(9)43(57-47)29-46(39)56-42/h13,26,28-33,51,56,61H,1,14-25,27H2,2-12H3/b34-26+,42-28?,46-29?,47-30?,52-50?. The highest BCUT2D eigenvalue weighted by molar-refractivity contribution is 6.27. The molecule has 8 bridgehead atoms. The fraction of sp³-hybridized carbons (Fsp3) is 0.509. The van der Waals surface area contributed by atoms with Crippen molar-refractivity contribution in [2.45, 2.75) is 146 Å². The predicted molar refractivity (Wildman–Crippen MR) is 263 cm³/mol. The minimum atomic E-state index is -1.14. The van der Waals surface area contributed by atoms with E-state index in [9.17, 15) is 14.7 Å². The number of allylic oxidation sites excluding steroid dienone is 8. The van der Waals surface area contributed by atoms with Crippen molar-refractivity contribution in [3.63, 3.8) is 0 Å². The van der Waals surface area contributed by atoms with E-state index in [-0.39, 0.29) is 24.8 Å². The Kier molecular flexibility index (Phi) is 15.9. The Hall–Kier alpha value is -5.31. The highest BCUT2D eigenvalue weighted by Gasteiger charge is 2.47. The minimum Gasteiger partial charge on any atom is -0.510 e. The number of aromatic amines is 1. The summed E-state index contributed by atoms with van der Waals surface area (Å²) in [6.45, 7) is 26.0. The highest BCUT2D eigenvalue weighted by Crippen LogP contribution is 2.48. The monoisotopic (exact) mass is 869 g/mol. The van der Waals surface area contributed by atoms with Crippen molar-refractivity contribution < 1.29 is 24.2 Å². The third-order valence-corrected chi connectivity index (χ3v) is 13.9. The molecular formula is C55H72N4O5. The number of fused-ring (bicyclic) bond motifs is 5. The molecular weight excluding hydrogens is 797 g/mol. The molecule has 5 aliphatic rings. The number of nitrogens with one attached hydrogen (secondary N) is 1. The fourth-order valence-electron chi connectivity index (χ4n) is 9.80. The van der Waals surface area contributed by atoms with Crippen molar-refractivity contribution in [3.8, 4) is 0 Å². The Morgan fingerprint density at radius 1 is 0.844 bits per heavy atom. The maximum atomic E-state index is 13.6. The number of aromatic nitrogens is 1. The van der Waals surface area contributed by atoms with Gasteiger partial charge in [0.25, 0.3) is 0 Å². The molecule has 3 unspecified atom stereocenters. The fourth-order valence-corrected chi connectivity index (χ4v) is 9.80. The van der Waals surface area contributed by atoms with E-state index < -0.39 is 11.9 Å². The van der Waals surface area contributed by atoms with Crippen LogP contribution in [0.4, 0.5) is 0 Å². The number of carbonyl (C=O) groups excluding carboxylic acids is 2. The van der Waals surface area contributed by atoms with Gasteiger partial charge in [-0.2, -0.15) is 0 Å². The van der Waals surface area contributed by atoms with Crippen molar-refractivity contribution >= 4 is 47.3 Å². The zero-order chi connectivity index (χ0) is 46.4. The molecule has 0 amide bonds. The van der Waals surface area contributed by atoms with Gasteiger partial charge in [-0.3, -0.25) is 9.59 Å². The number of ether oxygens (including phenoxy) is 2. The van der Waals surface area contributed by atoms with Crippen LogP contribution in [0, 0.1) is 30.6 Å². The first-order valence-corrected chi connectivity index (χ1v) is 23.8. The largest absolute Gasteiger partial charge is 0.510 e. The van der Waals surface area contributed by atoms with Crippen LogP contribution in [0.15, 0.2) is 101 Å². The normalized spacial score (nSPS) is 19.2. The zero-order valence-electron chi connectivity index (χ0n) is 40.5. The van der Waals surface area contributed by atoms with E-state index in [1.807, 2.05) is 38.2 Å². The maximum Gasteiger partial charge on any atom is 0.321 e. The van der Waals surface area contributed by atoms with Crippen LogP contribution in [0.1, 0.15) is 150 Å². The van der Waals surface area contributed by atoms with Crippen LogP contribution in [-0.4, -0.2) is 52.9 Å². The van der Waals surface area contributed by atoms with Gasteiger partial charge in [0.15, 0.2) is 0 Å². The molecule has 0 saturated carbocycles. The number of aliphatic hydroxyl groups is 1. The first-order valence-electron chi connectivity index (χ1n) is 23.8. The SMILES string of the molecule is C=Cc1c(C)c2[nH]c1=CC1=NC(=CC3=C(C)C4=C(O)C(C(=O)OC)C(=C5N=C(C=2)C(C)=C5CCC(=O)OC/C=C(\C)CCCC(C)CCCC(C)CCCC(C)C)C4=N3)C(CC)=C1C. The molecule has 5 heterocycles. The van der Waals surface area contributed by atoms with Crippen LogP contribution < -0.4 is 10.7 Å². The van der Waals surface area contributed by atoms with Crippen LogP contribution in [0.25, 0.3) is 18.2 Å². The van der Waals surface area contributed by atoms with Crippen LogP contribution in [0.5, 0.6) is 0 Å². The first kappa shape index (κ1) is 48.2. The second kappa shape index (κ2) is 21.1. The van der Waals surface area contributed by atoms with Gasteiger partial charge in [0, 0.05) is 33.8 Å². The first-order chi connectivity index (χ1) is 30.6. The smallest absolute Gasteiger partial charge is 0.321 e. The highest BCUT2D eigenvalue weighted by atomic mass is 16.5. The van der Waals surface area contributed by atoms with Crippen LogP contribution in [0.3, 0.4) is 0 Å². The lowest BCUT2D eigenvalue weighted by molar-refractivity contribution is -0.144. The molecule has 0 spiro atoms.